The van der Waals surface area contributed by atoms with Gasteiger partial charge in [0.25, 0.3) is 0 Å². The molecule has 140 heavy (non-hydrogen) atoms. The first kappa shape index (κ1) is 114. The van der Waals surface area contributed by atoms with E-state index in [0.717, 1.165) is 145 Å². The van der Waals surface area contributed by atoms with Crippen LogP contribution in [0.1, 0.15) is 145 Å². The molecule has 14 bridgehead atoms. The molecule has 0 aromatic carbocycles. The Morgan fingerprint density at radius 1 is 0.129 bits per heavy atom. The second kappa shape index (κ2) is 51.6. The van der Waals surface area contributed by atoms with Crippen molar-refractivity contribution in [3.8, 4) is 0 Å². The van der Waals surface area contributed by atoms with Crippen LogP contribution in [0, 0.1) is 0 Å². The van der Waals surface area contributed by atoms with Crippen LogP contribution in [0.5, 0.6) is 0 Å². The van der Waals surface area contributed by atoms with Gasteiger partial charge in [-0.25, -0.2) is 0 Å². The van der Waals surface area contributed by atoms with Crippen molar-refractivity contribution in [1.29, 1.82) is 0 Å². The van der Waals surface area contributed by atoms with E-state index in [1.165, 1.54) is 0 Å². The lowest BCUT2D eigenvalue weighted by atomic mass is 9.94. The zero-order valence-corrected chi connectivity index (χ0v) is 79.5. The summed E-state index contributed by atoms with van der Waals surface area (Å²) in [5.41, 5.74) is 0. The number of carbonyl (C=O) groups is 21. The van der Waals surface area contributed by atoms with Crippen molar-refractivity contribution in [2.75, 3.05) is 46.2 Å². The molecule has 35 atom stereocenters. The van der Waals surface area contributed by atoms with Gasteiger partial charge < -0.3 is 166 Å². The second-order valence-corrected chi connectivity index (χ2v) is 32.2. The molecule has 56 nitrogen and oxygen atoms in total. The third-order valence-corrected chi connectivity index (χ3v) is 20.6. The molecule has 0 spiro atoms. The van der Waals surface area contributed by atoms with Crippen molar-refractivity contribution < 1.29 is 266 Å². The fourth-order valence-corrected chi connectivity index (χ4v) is 16.0. The highest BCUT2D eigenvalue weighted by Gasteiger charge is 2.66. The van der Waals surface area contributed by atoms with Gasteiger partial charge in [-0.05, 0) is 0 Å². The first-order chi connectivity index (χ1) is 65.7. The average Bonchev–Trinajstić information content (AvgIpc) is 0.769. The van der Waals surface area contributed by atoms with Crippen molar-refractivity contribution in [2.45, 2.75) is 360 Å². The minimum atomic E-state index is -2.47. The number of rotatable bonds is 28. The quantitative estimate of drug-likeness (QED) is 0.0548. The van der Waals surface area contributed by atoms with Crippen LogP contribution in [0.3, 0.4) is 0 Å². The Balaban J connectivity index is 1.52. The highest BCUT2D eigenvalue weighted by atomic mass is 16.8. The molecule has 0 saturated carbocycles. The van der Waals surface area contributed by atoms with Crippen molar-refractivity contribution in [3.05, 3.63) is 0 Å². The van der Waals surface area contributed by atoms with E-state index in [0.29, 0.717) is 0 Å². The van der Waals surface area contributed by atoms with Crippen molar-refractivity contribution in [1.82, 2.24) is 0 Å². The van der Waals surface area contributed by atoms with Gasteiger partial charge in [-0.3, -0.25) is 101 Å². The normalized spacial score (nSPS) is 34.6. The third-order valence-electron chi connectivity index (χ3n) is 20.6. The standard InChI is InChI=1S/C84H112O56/c1-29(85)106-22-50-57-64(113-36(8)92)71(120-43(15)99)78(127-50)135-58-51(23-107-30(2)86)129-80(73(122-45(17)101)65(58)114-37(9)93)137-60-53(25-109-32(4)88)131-82(75(124-47(19)103)67(60)116-39(11)95)139-62-55(27-111-34(6)90)133-84(77(126-49(21)105)69(62)118-41(13)97)140-63-56(28-112-35(7)91)132-83(76(125-48(20)104)70(63)119-42(14)98)138-61-54(26-110-33(5)89)130-81(74(123-46(18)102)68(61)117-40(12)96)136-59-52(24-108-31(3)87)128-79(134-57)72(121-44(16)100)66(59)115-38(10)94/h50-84H,22-28H2,1-21H3/t50-,51-,52-,53-,54-,55-,56-,57-,58-,59-,60-,61-,62-,63-,64+,65+,66+,67+,68+,69+,70+,71-,72-,73-,74-,75-,76-,77-,78-,79-,80-,81-,82-,83-,84-/m1/s1. The molecular formula is C84H112O56. The van der Waals surface area contributed by atoms with Gasteiger partial charge >= 0.3 is 125 Å². The molecule has 21 saturated heterocycles. The van der Waals surface area contributed by atoms with E-state index in [1.807, 2.05) is 0 Å². The molecular weight excluding hydrogens is 1900 g/mol. The maximum absolute atomic E-state index is 14.0. The molecule has 0 aliphatic carbocycles. The molecule has 21 rings (SSSR count). The Labute approximate surface area is 795 Å². The van der Waals surface area contributed by atoms with Crippen LogP contribution < -0.4 is 0 Å². The maximum Gasteiger partial charge on any atom is 0.303 e. The van der Waals surface area contributed by atoms with Gasteiger partial charge in [-0.1, -0.05) is 0 Å². The highest BCUT2D eigenvalue weighted by molar-refractivity contribution is 5.74. The summed E-state index contributed by atoms with van der Waals surface area (Å²) < 4.78 is 215. The summed E-state index contributed by atoms with van der Waals surface area (Å²) in [6.07, 6.45) is -81.4. The van der Waals surface area contributed by atoms with E-state index in [-0.39, 0.29) is 0 Å². The van der Waals surface area contributed by atoms with E-state index in [4.69, 9.17) is 166 Å². The van der Waals surface area contributed by atoms with Gasteiger partial charge in [0.15, 0.2) is 129 Å². The van der Waals surface area contributed by atoms with Gasteiger partial charge in [-0.2, -0.15) is 0 Å². The van der Waals surface area contributed by atoms with Crippen LogP contribution >= 0.6 is 0 Å². The number of hydrogen-bond acceptors (Lipinski definition) is 56. The first-order valence-electron chi connectivity index (χ1n) is 43.2. The summed E-state index contributed by atoms with van der Waals surface area (Å²) in [5, 5.41) is 0. The van der Waals surface area contributed by atoms with Crippen LogP contribution in [-0.2, 0) is 266 Å². The van der Waals surface area contributed by atoms with Crippen LogP contribution in [0.25, 0.3) is 0 Å². The minimum absolute atomic E-state index is 0.791. The second-order valence-electron chi connectivity index (χ2n) is 32.2. The maximum atomic E-state index is 14.0. The fourth-order valence-electron chi connectivity index (χ4n) is 16.0. The van der Waals surface area contributed by atoms with E-state index in [2.05, 4.69) is 0 Å². The molecule has 0 radical (unpaired) electrons. The molecule has 56 heteroatoms. The highest BCUT2D eigenvalue weighted by Crippen LogP contribution is 2.45. The molecule has 784 valence electrons. The summed E-state index contributed by atoms with van der Waals surface area (Å²) in [4.78, 5) is 287. The molecule has 21 aliphatic rings. The fraction of sp³-hybridized carbons (Fsp3) is 0.750. The lowest BCUT2D eigenvalue weighted by molar-refractivity contribution is -0.396. The van der Waals surface area contributed by atoms with Crippen molar-refractivity contribution >= 4 is 125 Å². The molecule has 0 N–H and O–H groups in total. The number of hydrogen-bond donors (Lipinski definition) is 0. The lowest BCUT2D eigenvalue weighted by Gasteiger charge is -2.52. The van der Waals surface area contributed by atoms with E-state index >= 15 is 0 Å². The summed E-state index contributed by atoms with van der Waals surface area (Å²) in [6, 6.07) is 0. The molecule has 0 aromatic heterocycles. The number of esters is 21. The van der Waals surface area contributed by atoms with E-state index < -0.39 is 387 Å². The molecule has 21 fully saturated rings. The van der Waals surface area contributed by atoms with E-state index in [1.54, 1.807) is 0 Å². The predicted octanol–water partition coefficient (Wildman–Crippen LogP) is -3.24. The summed E-state index contributed by atoms with van der Waals surface area (Å²) in [7, 11) is 0. The first-order valence-corrected chi connectivity index (χ1v) is 43.2. The Morgan fingerprint density at radius 2 is 0.214 bits per heavy atom. The van der Waals surface area contributed by atoms with Crippen LogP contribution in [0.15, 0.2) is 0 Å². The smallest absolute Gasteiger partial charge is 0.303 e. The lowest BCUT2D eigenvalue weighted by Crippen LogP contribution is -2.70. The topological polar surface area (TPSA) is 682 Å². The van der Waals surface area contributed by atoms with Crippen LogP contribution in [-0.4, -0.2) is 387 Å². The summed E-state index contributed by atoms with van der Waals surface area (Å²) in [6.45, 7) is 9.45. The largest absolute Gasteiger partial charge is 0.463 e. The molecule has 0 unspecified atom stereocenters. The van der Waals surface area contributed by atoms with E-state index in [9.17, 15) is 101 Å². The summed E-state index contributed by atoms with van der Waals surface area (Å²) >= 11 is 0. The monoisotopic (exact) mass is 2020 g/mol. The van der Waals surface area contributed by atoms with Gasteiger partial charge in [0.1, 0.15) is 132 Å². The molecule has 0 aromatic rings. The summed E-state index contributed by atoms with van der Waals surface area (Å²) in [5.74, 6) is -26.2. The van der Waals surface area contributed by atoms with Crippen molar-refractivity contribution in [2.24, 2.45) is 0 Å². The predicted molar refractivity (Wildman–Crippen MR) is 429 cm³/mol. The van der Waals surface area contributed by atoms with Crippen LogP contribution in [0.4, 0.5) is 0 Å². The van der Waals surface area contributed by atoms with Gasteiger partial charge in [0.2, 0.25) is 0 Å². The average molecular weight is 2020 g/mol. The SMILES string of the molecule is CC(=O)OC[C@H]1O[C@@H]2O[C@H]3[C@H](OC(C)=O)[C@@H](OC(C)=O)[C@@H](O[C@H]4[C@H](OC(C)=O)[C@@H](OC(C)=O)[C@@H](O[C@H]5[C@H](OC(C)=O)[C@@H](OC(C)=O)[C@@H](O[C@H]6[C@H](OC(C)=O)[C@@H](OC(C)=O)[C@@H](O[C@H]7[C@H](OC(C)=O)[C@@H](OC(C)=O)[C@@H](O[C@H]8[C@H](OC(C)=O)[C@@H](OC(C)=O)[C@@H](O[C@H]1[C@H](OC(C)=O)[C@H]2OC(C)=O)O[C@@H]8COC(C)=O)O[C@@H]7COC(C)=O)O[C@@H]6COC(C)=O)O[C@@H]5COC(C)=O)O[C@@H]4COC(C)=O)O[C@@H]3COC(C)=O. The van der Waals surface area contributed by atoms with Crippen LogP contribution in [0.2, 0.25) is 0 Å². The Morgan fingerprint density at radius 3 is 0.293 bits per heavy atom. The molecule has 0 amide bonds. The zero-order chi connectivity index (χ0) is 104. The minimum Gasteiger partial charge on any atom is -0.463 e. The zero-order valence-electron chi connectivity index (χ0n) is 79.5. The van der Waals surface area contributed by atoms with Crippen molar-refractivity contribution in [3.63, 3.8) is 0 Å². The third kappa shape index (κ3) is 32.4. The number of carbonyl (C=O) groups excluding carboxylic acids is 21. The Bertz CT molecular complexity index is 3700. The Hall–Kier alpha value is -11.7. The van der Waals surface area contributed by atoms with Gasteiger partial charge in [-0.15, -0.1) is 0 Å². The molecule has 21 aliphatic heterocycles. The van der Waals surface area contributed by atoms with Gasteiger partial charge in [0, 0.05) is 145 Å². The number of ether oxygens (including phenoxy) is 35. The Kier molecular flexibility index (Phi) is 41.9. The van der Waals surface area contributed by atoms with Gasteiger partial charge in [0.05, 0.1) is 0 Å². The molecule has 21 heterocycles.